The summed E-state index contributed by atoms with van der Waals surface area (Å²) in [5.74, 6) is 0. The van der Waals surface area contributed by atoms with Crippen LogP contribution in [0.1, 0.15) is 36.1 Å². The highest BCUT2D eigenvalue weighted by Gasteiger charge is 2.15. The molecule has 0 fully saturated rings. The molecule has 1 aromatic carbocycles. The molecule has 0 spiro atoms. The van der Waals surface area contributed by atoms with Gasteiger partial charge in [0.1, 0.15) is 5.69 Å². The number of rotatable bonds is 2. The standard InChI is InChI=1S/C16H16N2O/c1-10(2)18-15-7-5-4-6-13(15)14-8-12(9-19)17-11(3)16(14)18/h4-10H,1-3H3. The lowest BCUT2D eigenvalue weighted by Crippen LogP contribution is -2.02. The molecule has 0 bridgehead atoms. The third-order valence-corrected chi connectivity index (χ3v) is 3.52. The SMILES string of the molecule is Cc1nc(C=O)cc2c3ccccc3n(C(C)C)c12. The number of para-hydroxylation sites is 1. The molecule has 0 saturated carbocycles. The lowest BCUT2D eigenvalue weighted by molar-refractivity contribution is 0.111. The van der Waals surface area contributed by atoms with Crippen LogP contribution in [0.15, 0.2) is 30.3 Å². The summed E-state index contributed by atoms with van der Waals surface area (Å²) in [5.41, 5.74) is 3.73. The van der Waals surface area contributed by atoms with Gasteiger partial charge in [0.15, 0.2) is 6.29 Å². The van der Waals surface area contributed by atoms with Gasteiger partial charge in [0, 0.05) is 22.3 Å². The zero-order valence-electron chi connectivity index (χ0n) is 11.3. The predicted molar refractivity (Wildman–Crippen MR) is 77.7 cm³/mol. The number of carbonyl (C=O) groups excluding carboxylic acids is 1. The summed E-state index contributed by atoms with van der Waals surface area (Å²) in [6.45, 7) is 6.30. The van der Waals surface area contributed by atoms with Gasteiger partial charge in [-0.1, -0.05) is 18.2 Å². The minimum Gasteiger partial charge on any atom is -0.336 e. The molecular formula is C16H16N2O. The fourth-order valence-corrected chi connectivity index (χ4v) is 2.83. The average Bonchev–Trinajstić information content (AvgIpc) is 2.74. The summed E-state index contributed by atoms with van der Waals surface area (Å²) in [6.07, 6.45) is 0.813. The van der Waals surface area contributed by atoms with E-state index in [0.717, 1.165) is 22.9 Å². The van der Waals surface area contributed by atoms with Crippen LogP contribution in [-0.4, -0.2) is 15.8 Å². The summed E-state index contributed by atoms with van der Waals surface area (Å²) in [7, 11) is 0. The van der Waals surface area contributed by atoms with E-state index in [-0.39, 0.29) is 0 Å². The van der Waals surface area contributed by atoms with Crippen LogP contribution in [0.3, 0.4) is 0 Å². The van der Waals surface area contributed by atoms with Gasteiger partial charge in [0.05, 0.1) is 11.2 Å². The van der Waals surface area contributed by atoms with Crippen molar-refractivity contribution in [1.29, 1.82) is 0 Å². The van der Waals surface area contributed by atoms with E-state index in [2.05, 4.69) is 35.5 Å². The zero-order chi connectivity index (χ0) is 13.6. The van der Waals surface area contributed by atoms with Crippen molar-refractivity contribution in [1.82, 2.24) is 9.55 Å². The molecule has 19 heavy (non-hydrogen) atoms. The van der Waals surface area contributed by atoms with Crippen LogP contribution in [0, 0.1) is 6.92 Å². The van der Waals surface area contributed by atoms with Gasteiger partial charge in [-0.15, -0.1) is 0 Å². The number of nitrogens with zero attached hydrogens (tertiary/aromatic N) is 2. The van der Waals surface area contributed by atoms with Gasteiger partial charge < -0.3 is 4.57 Å². The molecule has 3 aromatic rings. The van der Waals surface area contributed by atoms with Crippen LogP contribution in [0.4, 0.5) is 0 Å². The Hall–Kier alpha value is -2.16. The Kier molecular flexibility index (Phi) is 2.63. The molecule has 0 N–H and O–H groups in total. The van der Waals surface area contributed by atoms with E-state index in [9.17, 15) is 4.79 Å². The van der Waals surface area contributed by atoms with Gasteiger partial charge in [0.2, 0.25) is 0 Å². The van der Waals surface area contributed by atoms with Crippen molar-refractivity contribution in [2.24, 2.45) is 0 Å². The molecule has 3 rings (SSSR count). The first-order valence-electron chi connectivity index (χ1n) is 6.49. The minimum atomic E-state index is 0.352. The Bertz CT molecular complexity index is 784. The normalized spacial score (nSPS) is 11.6. The number of aromatic nitrogens is 2. The van der Waals surface area contributed by atoms with Crippen molar-refractivity contribution in [2.45, 2.75) is 26.8 Å². The Morgan fingerprint density at radius 2 is 1.95 bits per heavy atom. The number of carbonyl (C=O) groups is 1. The molecule has 0 aliphatic rings. The fourth-order valence-electron chi connectivity index (χ4n) is 2.83. The maximum atomic E-state index is 11.0. The Balaban J connectivity index is 2.59. The summed E-state index contributed by atoms with van der Waals surface area (Å²) in [4.78, 5) is 15.4. The molecule has 0 radical (unpaired) electrons. The second-order valence-corrected chi connectivity index (χ2v) is 5.13. The first kappa shape index (κ1) is 11.9. The van der Waals surface area contributed by atoms with E-state index < -0.39 is 0 Å². The van der Waals surface area contributed by atoms with Crippen LogP contribution in [0.2, 0.25) is 0 Å². The summed E-state index contributed by atoms with van der Waals surface area (Å²) in [5, 5.41) is 2.29. The smallest absolute Gasteiger partial charge is 0.168 e. The second kappa shape index (κ2) is 4.19. The molecule has 0 aliphatic heterocycles. The van der Waals surface area contributed by atoms with Crippen molar-refractivity contribution in [3.8, 4) is 0 Å². The number of hydrogen-bond donors (Lipinski definition) is 0. The highest BCUT2D eigenvalue weighted by molar-refractivity contribution is 6.09. The largest absolute Gasteiger partial charge is 0.336 e. The molecule has 0 saturated heterocycles. The molecule has 2 aromatic heterocycles. The maximum Gasteiger partial charge on any atom is 0.168 e. The van der Waals surface area contributed by atoms with Crippen molar-refractivity contribution in [3.05, 3.63) is 41.7 Å². The molecule has 3 heteroatoms. The Labute approximate surface area is 111 Å². The number of hydrogen-bond acceptors (Lipinski definition) is 2. The Morgan fingerprint density at radius 3 is 2.63 bits per heavy atom. The van der Waals surface area contributed by atoms with Gasteiger partial charge in [-0.3, -0.25) is 4.79 Å². The van der Waals surface area contributed by atoms with Crippen LogP contribution in [0.25, 0.3) is 21.8 Å². The van der Waals surface area contributed by atoms with Gasteiger partial charge in [-0.05, 0) is 32.9 Å². The third-order valence-electron chi connectivity index (χ3n) is 3.52. The van der Waals surface area contributed by atoms with Crippen LogP contribution < -0.4 is 0 Å². The quantitative estimate of drug-likeness (QED) is 0.648. The second-order valence-electron chi connectivity index (χ2n) is 5.13. The fraction of sp³-hybridized carbons (Fsp3) is 0.250. The van der Waals surface area contributed by atoms with E-state index in [0.29, 0.717) is 11.7 Å². The molecule has 0 aliphatic carbocycles. The Morgan fingerprint density at radius 1 is 1.21 bits per heavy atom. The van der Waals surface area contributed by atoms with Crippen molar-refractivity contribution < 1.29 is 4.79 Å². The van der Waals surface area contributed by atoms with Crippen molar-refractivity contribution >= 4 is 28.1 Å². The monoisotopic (exact) mass is 252 g/mol. The molecule has 2 heterocycles. The third kappa shape index (κ3) is 1.65. The van der Waals surface area contributed by atoms with Gasteiger partial charge in [0.25, 0.3) is 0 Å². The first-order chi connectivity index (χ1) is 9.13. The van der Waals surface area contributed by atoms with Crippen LogP contribution >= 0.6 is 0 Å². The summed E-state index contributed by atoms with van der Waals surface area (Å²) >= 11 is 0. The first-order valence-corrected chi connectivity index (χ1v) is 6.49. The van der Waals surface area contributed by atoms with Gasteiger partial charge in [-0.25, -0.2) is 4.98 Å². The number of aldehydes is 1. The predicted octanol–water partition coefficient (Wildman–Crippen LogP) is 3.89. The lowest BCUT2D eigenvalue weighted by Gasteiger charge is -2.12. The minimum absolute atomic E-state index is 0.352. The lowest BCUT2D eigenvalue weighted by atomic mass is 10.1. The number of benzene rings is 1. The van der Waals surface area contributed by atoms with Gasteiger partial charge >= 0.3 is 0 Å². The molecule has 0 atom stereocenters. The van der Waals surface area contributed by atoms with Crippen LogP contribution in [-0.2, 0) is 0 Å². The number of fused-ring (bicyclic) bond motifs is 3. The molecule has 96 valence electrons. The van der Waals surface area contributed by atoms with E-state index in [1.165, 1.54) is 10.9 Å². The highest BCUT2D eigenvalue weighted by Crippen LogP contribution is 2.33. The van der Waals surface area contributed by atoms with Crippen molar-refractivity contribution in [2.75, 3.05) is 0 Å². The average molecular weight is 252 g/mol. The van der Waals surface area contributed by atoms with Gasteiger partial charge in [-0.2, -0.15) is 0 Å². The summed E-state index contributed by atoms with van der Waals surface area (Å²) < 4.78 is 2.29. The molecule has 0 amide bonds. The molecule has 0 unspecified atom stereocenters. The van der Waals surface area contributed by atoms with E-state index in [4.69, 9.17) is 0 Å². The zero-order valence-corrected chi connectivity index (χ0v) is 11.3. The van der Waals surface area contributed by atoms with E-state index in [1.54, 1.807) is 0 Å². The van der Waals surface area contributed by atoms with Crippen LogP contribution in [0.5, 0.6) is 0 Å². The van der Waals surface area contributed by atoms with E-state index in [1.807, 2.05) is 25.1 Å². The number of aryl methyl sites for hydroxylation is 1. The maximum absolute atomic E-state index is 11.0. The topological polar surface area (TPSA) is 34.9 Å². The van der Waals surface area contributed by atoms with E-state index >= 15 is 0 Å². The molecule has 3 nitrogen and oxygen atoms in total. The number of pyridine rings is 1. The highest BCUT2D eigenvalue weighted by atomic mass is 16.1. The van der Waals surface area contributed by atoms with Crippen molar-refractivity contribution in [3.63, 3.8) is 0 Å². The molecular weight excluding hydrogens is 236 g/mol. The summed E-state index contributed by atoms with van der Waals surface area (Å²) in [6, 6.07) is 10.5.